The number of alkyl halides is 3. The van der Waals surface area contributed by atoms with E-state index in [0.29, 0.717) is 11.3 Å². The zero-order chi connectivity index (χ0) is 24.2. The van der Waals surface area contributed by atoms with Crippen molar-refractivity contribution in [1.29, 1.82) is 0 Å². The van der Waals surface area contributed by atoms with Gasteiger partial charge >= 0.3 is 6.18 Å². The lowest BCUT2D eigenvalue weighted by molar-refractivity contribution is -0.141. The van der Waals surface area contributed by atoms with Gasteiger partial charge in [0.15, 0.2) is 0 Å². The van der Waals surface area contributed by atoms with E-state index in [9.17, 15) is 26.7 Å². The van der Waals surface area contributed by atoms with Gasteiger partial charge in [0.25, 0.3) is 0 Å². The van der Waals surface area contributed by atoms with Gasteiger partial charge < -0.3 is 10.6 Å². The Bertz CT molecular complexity index is 1190. The summed E-state index contributed by atoms with van der Waals surface area (Å²) in [5, 5.41) is 5.36. The van der Waals surface area contributed by atoms with Gasteiger partial charge in [-0.1, -0.05) is 24.3 Å². The zero-order valence-corrected chi connectivity index (χ0v) is 17.7. The maximum atomic E-state index is 14.0. The predicted octanol–water partition coefficient (Wildman–Crippen LogP) is 5.98. The third-order valence-electron chi connectivity index (χ3n) is 4.85. The molecule has 1 unspecified atom stereocenters. The largest absolute Gasteiger partial charge is 0.433 e. The Morgan fingerprint density at radius 2 is 1.82 bits per heavy atom. The minimum Gasteiger partial charge on any atom is -0.386 e. The lowest BCUT2D eigenvalue weighted by atomic mass is 10.0. The van der Waals surface area contributed by atoms with Crippen molar-refractivity contribution in [3.8, 4) is 11.3 Å². The molecule has 4 nitrogen and oxygen atoms in total. The molecule has 3 aromatic rings. The topological polar surface area (TPSA) is 54.0 Å². The molecular weight excluding hydrogens is 441 g/mol. The van der Waals surface area contributed by atoms with E-state index in [1.807, 2.05) is 0 Å². The number of benzene rings is 2. The summed E-state index contributed by atoms with van der Waals surface area (Å²) in [7, 11) is 1.59. The van der Waals surface area contributed by atoms with Crippen molar-refractivity contribution in [3.05, 3.63) is 89.1 Å². The highest BCUT2D eigenvalue weighted by molar-refractivity contribution is 5.93. The van der Waals surface area contributed by atoms with Gasteiger partial charge in [0.2, 0.25) is 5.91 Å². The highest BCUT2D eigenvalue weighted by atomic mass is 19.4. The molecule has 1 atom stereocenters. The minimum absolute atomic E-state index is 0.119. The number of hydrogen-bond donors (Lipinski definition) is 2. The second-order valence-corrected chi connectivity index (χ2v) is 7.20. The van der Waals surface area contributed by atoms with Gasteiger partial charge in [-0.05, 0) is 48.9 Å². The maximum Gasteiger partial charge on any atom is 0.433 e. The summed E-state index contributed by atoms with van der Waals surface area (Å²) >= 11 is 0. The number of pyridine rings is 1. The highest BCUT2D eigenvalue weighted by Gasteiger charge is 2.33. The van der Waals surface area contributed by atoms with Crippen LogP contribution >= 0.6 is 0 Å². The van der Waals surface area contributed by atoms with Crippen molar-refractivity contribution in [2.24, 2.45) is 0 Å². The van der Waals surface area contributed by atoms with Gasteiger partial charge in [-0.3, -0.25) is 4.79 Å². The standard InChI is InChI=1S/C24H20F5N3O/c1-14(16-6-9-20(30-2)19(26)13-16)31-22(33)11-8-15-7-10-21(24(27,28)29)32-23(15)17-4-3-5-18(25)12-17/h3-14,30H,1-2H3,(H,31,33)/b11-8+. The van der Waals surface area contributed by atoms with Gasteiger partial charge in [-0.15, -0.1) is 0 Å². The Morgan fingerprint density at radius 1 is 1.06 bits per heavy atom. The Morgan fingerprint density at radius 3 is 2.45 bits per heavy atom. The van der Waals surface area contributed by atoms with Crippen LogP contribution in [0.5, 0.6) is 0 Å². The number of aromatic nitrogens is 1. The van der Waals surface area contributed by atoms with Crippen LogP contribution in [-0.4, -0.2) is 17.9 Å². The van der Waals surface area contributed by atoms with E-state index in [1.165, 1.54) is 24.3 Å². The molecule has 0 spiro atoms. The van der Waals surface area contributed by atoms with Gasteiger partial charge in [0.1, 0.15) is 17.3 Å². The van der Waals surface area contributed by atoms with Gasteiger partial charge in [0.05, 0.1) is 17.4 Å². The molecule has 1 heterocycles. The number of hydrogen-bond acceptors (Lipinski definition) is 3. The molecule has 0 aliphatic carbocycles. The third kappa shape index (κ3) is 5.94. The molecule has 9 heteroatoms. The van der Waals surface area contributed by atoms with E-state index in [4.69, 9.17) is 0 Å². The summed E-state index contributed by atoms with van der Waals surface area (Å²) in [4.78, 5) is 16.0. The fraction of sp³-hybridized carbons (Fsp3) is 0.167. The van der Waals surface area contributed by atoms with Crippen LogP contribution in [0.15, 0.2) is 60.7 Å². The van der Waals surface area contributed by atoms with Crippen LogP contribution in [-0.2, 0) is 11.0 Å². The van der Waals surface area contributed by atoms with Crippen LogP contribution < -0.4 is 10.6 Å². The maximum absolute atomic E-state index is 14.0. The summed E-state index contributed by atoms with van der Waals surface area (Å²) < 4.78 is 67.0. The number of carbonyl (C=O) groups is 1. The molecule has 2 aromatic carbocycles. The molecule has 0 fully saturated rings. The lowest BCUT2D eigenvalue weighted by Crippen LogP contribution is -2.24. The van der Waals surface area contributed by atoms with Gasteiger partial charge in [-0.2, -0.15) is 13.2 Å². The second kappa shape index (κ2) is 9.81. The number of nitrogens with one attached hydrogen (secondary N) is 2. The number of nitrogens with zero attached hydrogens (tertiary/aromatic N) is 1. The van der Waals surface area contributed by atoms with E-state index in [1.54, 1.807) is 26.1 Å². The van der Waals surface area contributed by atoms with E-state index in [-0.39, 0.29) is 16.8 Å². The fourth-order valence-corrected chi connectivity index (χ4v) is 3.14. The van der Waals surface area contributed by atoms with Crippen molar-refractivity contribution < 1.29 is 26.7 Å². The molecule has 0 radical (unpaired) electrons. The van der Waals surface area contributed by atoms with Crippen LogP contribution in [0, 0.1) is 11.6 Å². The first-order chi connectivity index (χ1) is 15.6. The number of anilines is 1. The first-order valence-electron chi connectivity index (χ1n) is 9.88. The average Bonchev–Trinajstić information content (AvgIpc) is 2.76. The van der Waals surface area contributed by atoms with Gasteiger partial charge in [0, 0.05) is 24.3 Å². The van der Waals surface area contributed by atoms with Crippen molar-refractivity contribution >= 4 is 17.7 Å². The quantitative estimate of drug-likeness (QED) is 0.351. The molecule has 172 valence electrons. The van der Waals surface area contributed by atoms with Crippen molar-refractivity contribution in [2.75, 3.05) is 12.4 Å². The predicted molar refractivity (Wildman–Crippen MR) is 116 cm³/mol. The number of amides is 1. The second-order valence-electron chi connectivity index (χ2n) is 7.20. The highest BCUT2D eigenvalue weighted by Crippen LogP contribution is 2.32. The molecule has 3 rings (SSSR count). The Hall–Kier alpha value is -3.75. The smallest absolute Gasteiger partial charge is 0.386 e. The molecule has 0 bridgehead atoms. The molecule has 0 aliphatic rings. The summed E-state index contributed by atoms with van der Waals surface area (Å²) in [5.41, 5.74) is -0.0765. The summed E-state index contributed by atoms with van der Waals surface area (Å²) in [5.74, 6) is -1.65. The Labute approximate surface area is 187 Å². The monoisotopic (exact) mass is 461 g/mol. The molecule has 2 N–H and O–H groups in total. The summed E-state index contributed by atoms with van der Waals surface area (Å²) in [6.45, 7) is 1.66. The fourth-order valence-electron chi connectivity index (χ4n) is 3.14. The van der Waals surface area contributed by atoms with E-state index in [0.717, 1.165) is 30.3 Å². The van der Waals surface area contributed by atoms with Crippen LogP contribution in [0.3, 0.4) is 0 Å². The molecule has 1 amide bonds. The van der Waals surface area contributed by atoms with E-state index in [2.05, 4.69) is 15.6 Å². The summed E-state index contributed by atoms with van der Waals surface area (Å²) in [6.07, 6.45) is -2.27. The van der Waals surface area contributed by atoms with Crippen molar-refractivity contribution in [1.82, 2.24) is 10.3 Å². The van der Waals surface area contributed by atoms with Crippen molar-refractivity contribution in [3.63, 3.8) is 0 Å². The molecular formula is C24H20F5N3O. The van der Waals surface area contributed by atoms with Crippen molar-refractivity contribution in [2.45, 2.75) is 19.1 Å². The molecule has 1 aromatic heterocycles. The average molecular weight is 461 g/mol. The molecule has 0 saturated heterocycles. The summed E-state index contributed by atoms with van der Waals surface area (Å²) in [6, 6.07) is 10.9. The van der Waals surface area contributed by atoms with E-state index >= 15 is 0 Å². The zero-order valence-electron chi connectivity index (χ0n) is 17.7. The lowest BCUT2D eigenvalue weighted by Gasteiger charge is -2.14. The Balaban J connectivity index is 1.85. The normalized spacial score (nSPS) is 12.6. The van der Waals surface area contributed by atoms with Crippen LogP contribution in [0.25, 0.3) is 17.3 Å². The van der Waals surface area contributed by atoms with E-state index < -0.39 is 35.5 Å². The first kappa shape index (κ1) is 23.9. The third-order valence-corrected chi connectivity index (χ3v) is 4.85. The Kier molecular flexibility index (Phi) is 7.10. The number of rotatable bonds is 6. The van der Waals surface area contributed by atoms with Crippen LogP contribution in [0.2, 0.25) is 0 Å². The number of carbonyl (C=O) groups excluding carboxylic acids is 1. The molecule has 33 heavy (non-hydrogen) atoms. The van der Waals surface area contributed by atoms with Crippen LogP contribution in [0.1, 0.15) is 29.8 Å². The first-order valence-corrected chi connectivity index (χ1v) is 9.88. The molecule has 0 aliphatic heterocycles. The number of halogens is 5. The minimum atomic E-state index is -4.69. The SMILES string of the molecule is CNc1ccc(C(C)NC(=O)/C=C/c2ccc(C(F)(F)F)nc2-c2cccc(F)c2)cc1F. The molecule has 0 saturated carbocycles. The van der Waals surface area contributed by atoms with Crippen LogP contribution in [0.4, 0.5) is 27.6 Å². The van der Waals surface area contributed by atoms with Gasteiger partial charge in [-0.25, -0.2) is 13.8 Å².